The van der Waals surface area contributed by atoms with Crippen LogP contribution in [0.3, 0.4) is 0 Å². The maximum atomic E-state index is 6.76. The van der Waals surface area contributed by atoms with E-state index < -0.39 is 16.1 Å². The molecule has 0 fully saturated rings. The van der Waals surface area contributed by atoms with E-state index in [4.69, 9.17) is 8.83 Å². The molecule has 0 amide bonds. The van der Waals surface area contributed by atoms with Gasteiger partial charge in [-0.15, -0.1) is 0 Å². The Morgan fingerprint density at radius 2 is 0.681 bits per heavy atom. The van der Waals surface area contributed by atoms with E-state index in [0.717, 1.165) is 77.4 Å². The van der Waals surface area contributed by atoms with Crippen molar-refractivity contribution in [1.29, 1.82) is 0 Å². The van der Waals surface area contributed by atoms with Crippen molar-refractivity contribution >= 4 is 136 Å². The number of para-hydroxylation sites is 2. The van der Waals surface area contributed by atoms with Gasteiger partial charge in [-0.1, -0.05) is 148 Å². The van der Waals surface area contributed by atoms with E-state index in [1.807, 2.05) is 0 Å². The zero-order valence-corrected chi connectivity index (χ0v) is 42.5. The molecular formula is C66H48N2O2Si2. The number of rotatable bonds is 6. The van der Waals surface area contributed by atoms with Gasteiger partial charge in [-0.25, -0.2) is 0 Å². The molecule has 72 heavy (non-hydrogen) atoms. The average molecular weight is 957 g/mol. The molecule has 0 atom stereocenters. The minimum Gasteiger partial charge on any atom is -0.456 e. The van der Waals surface area contributed by atoms with Gasteiger partial charge >= 0.3 is 0 Å². The SMILES string of the molecule is C[Si]1(C)c2ccccc2-c2cccc(N(c3ccccc3)c3ccc4cc5c(cc4c3)oc3cc4oc6cc7cc(N(c8ccccc8)c8cccc9c8[Si](C)(C)c8ccccc8-9)ccc7cc6c4cc35)c21. The molecule has 15 rings (SSSR count). The van der Waals surface area contributed by atoms with Crippen molar-refractivity contribution in [2.45, 2.75) is 26.2 Å². The first-order valence-corrected chi connectivity index (χ1v) is 31.1. The molecule has 0 aliphatic carbocycles. The zero-order chi connectivity index (χ0) is 48.0. The fraction of sp³-hybridized carbons (Fsp3) is 0.0606. The summed E-state index contributed by atoms with van der Waals surface area (Å²) in [6.07, 6.45) is 0. The van der Waals surface area contributed by atoms with Crippen LogP contribution in [0, 0.1) is 0 Å². The summed E-state index contributed by atoms with van der Waals surface area (Å²) < 4.78 is 13.5. The smallest absolute Gasteiger partial charge is 0.139 e. The number of hydrogen-bond donors (Lipinski definition) is 0. The van der Waals surface area contributed by atoms with Crippen LogP contribution in [0.1, 0.15) is 0 Å². The highest BCUT2D eigenvalue weighted by molar-refractivity contribution is 7.05. The third-order valence-corrected chi connectivity index (χ3v) is 23.2. The van der Waals surface area contributed by atoms with Gasteiger partial charge in [0.2, 0.25) is 0 Å². The van der Waals surface area contributed by atoms with Crippen molar-refractivity contribution in [2.75, 3.05) is 9.80 Å². The van der Waals surface area contributed by atoms with Crippen LogP contribution in [0.25, 0.3) is 87.7 Å². The van der Waals surface area contributed by atoms with E-state index in [2.05, 4.69) is 254 Å². The molecule has 0 unspecified atom stereocenters. The Morgan fingerprint density at radius 3 is 1.14 bits per heavy atom. The zero-order valence-electron chi connectivity index (χ0n) is 40.5. The molecule has 0 spiro atoms. The molecular weight excluding hydrogens is 909 g/mol. The van der Waals surface area contributed by atoms with Crippen molar-refractivity contribution in [2.24, 2.45) is 0 Å². The first-order valence-electron chi connectivity index (χ1n) is 25.1. The van der Waals surface area contributed by atoms with Crippen molar-refractivity contribution in [3.63, 3.8) is 0 Å². The Balaban J connectivity index is 0.828. The van der Waals surface area contributed by atoms with E-state index in [1.54, 1.807) is 0 Å². The normalized spacial score (nSPS) is 14.1. The lowest BCUT2D eigenvalue weighted by Gasteiger charge is -2.31. The molecule has 2 aliphatic rings. The standard InChI is InChI=1S/C66H48N2O2Si2/c1-71(2)63-27-13-11-21-49(63)51-23-15-25-57(65(51)71)67(45-17-7-5-8-18-45)47-31-29-41-35-53-55-39-56-54-36-42-30-32-48(34-44(42)38-60(54)70-62(56)40-61(55)69-59(53)37-43(41)33-47)68(46-19-9-6-10-20-46)58-26-16-24-52-50-22-12-14-28-64(50)72(3,4)66(52)58/h5-40H,1-4H3. The van der Waals surface area contributed by atoms with Crippen molar-refractivity contribution in [3.05, 3.63) is 218 Å². The number of anilines is 6. The monoisotopic (exact) mass is 956 g/mol. The van der Waals surface area contributed by atoms with E-state index >= 15 is 0 Å². The molecule has 13 aromatic rings. The second-order valence-electron chi connectivity index (χ2n) is 20.9. The molecule has 4 nitrogen and oxygen atoms in total. The molecule has 342 valence electrons. The number of nitrogens with zero attached hydrogens (tertiary/aromatic N) is 2. The Kier molecular flexibility index (Phi) is 8.64. The third-order valence-electron chi connectivity index (χ3n) is 16.1. The Morgan fingerprint density at radius 1 is 0.292 bits per heavy atom. The van der Waals surface area contributed by atoms with Gasteiger partial charge in [0.25, 0.3) is 0 Å². The lowest BCUT2D eigenvalue weighted by atomic mass is 10.0. The summed E-state index contributed by atoms with van der Waals surface area (Å²) in [4.78, 5) is 4.92. The van der Waals surface area contributed by atoms with Crippen LogP contribution < -0.4 is 30.5 Å². The molecule has 0 saturated heterocycles. The highest BCUT2D eigenvalue weighted by Gasteiger charge is 2.42. The summed E-state index contributed by atoms with van der Waals surface area (Å²) in [5, 5.41) is 14.9. The predicted octanol–water partition coefficient (Wildman–Crippen LogP) is 16.3. The molecule has 0 saturated carbocycles. The molecule has 0 radical (unpaired) electrons. The van der Waals surface area contributed by atoms with Gasteiger partial charge in [-0.2, -0.15) is 0 Å². The van der Waals surface area contributed by atoms with Gasteiger partial charge in [-0.3, -0.25) is 0 Å². The molecule has 11 aromatic carbocycles. The fourth-order valence-electron chi connectivity index (χ4n) is 12.8. The van der Waals surface area contributed by atoms with E-state index in [-0.39, 0.29) is 0 Å². The first kappa shape index (κ1) is 41.4. The first-order chi connectivity index (χ1) is 35.2. The maximum Gasteiger partial charge on any atom is 0.139 e. The lowest BCUT2D eigenvalue weighted by Crippen LogP contribution is -2.50. The van der Waals surface area contributed by atoms with Gasteiger partial charge in [0, 0.05) is 61.7 Å². The van der Waals surface area contributed by atoms with E-state index in [0.29, 0.717) is 0 Å². The van der Waals surface area contributed by atoms with Crippen LogP contribution in [-0.2, 0) is 0 Å². The summed E-state index contributed by atoms with van der Waals surface area (Å²) in [5.41, 5.74) is 15.9. The largest absolute Gasteiger partial charge is 0.456 e. The second-order valence-corrected chi connectivity index (χ2v) is 29.5. The topological polar surface area (TPSA) is 32.8 Å². The Labute approximate surface area is 419 Å². The van der Waals surface area contributed by atoms with Gasteiger partial charge < -0.3 is 18.6 Å². The van der Waals surface area contributed by atoms with E-state index in [1.165, 1.54) is 65.1 Å². The number of benzene rings is 11. The Bertz CT molecular complexity index is 4140. The van der Waals surface area contributed by atoms with Crippen LogP contribution >= 0.6 is 0 Å². The van der Waals surface area contributed by atoms with Crippen molar-refractivity contribution < 1.29 is 8.83 Å². The van der Waals surface area contributed by atoms with Crippen LogP contribution in [-0.4, -0.2) is 16.1 Å². The highest BCUT2D eigenvalue weighted by atomic mass is 28.3. The molecule has 2 aromatic heterocycles. The lowest BCUT2D eigenvalue weighted by molar-refractivity contribution is 0.656. The minimum absolute atomic E-state index is 0.818. The van der Waals surface area contributed by atoms with Crippen LogP contribution in [0.15, 0.2) is 227 Å². The summed E-state index contributed by atoms with van der Waals surface area (Å²) in [5.74, 6) is 0. The van der Waals surface area contributed by atoms with E-state index in [9.17, 15) is 0 Å². The summed E-state index contributed by atoms with van der Waals surface area (Å²) in [6.45, 7) is 9.99. The molecule has 0 N–H and O–H groups in total. The highest BCUT2D eigenvalue weighted by Crippen LogP contribution is 2.45. The number of hydrogen-bond acceptors (Lipinski definition) is 4. The Hall–Kier alpha value is -8.43. The molecule has 6 heteroatoms. The third kappa shape index (κ3) is 5.91. The summed E-state index contributed by atoms with van der Waals surface area (Å²) in [7, 11) is -4.04. The molecule has 4 heterocycles. The average Bonchev–Trinajstić information content (AvgIpc) is 4.08. The fourth-order valence-corrected chi connectivity index (χ4v) is 19.6. The predicted molar refractivity (Wildman–Crippen MR) is 310 cm³/mol. The van der Waals surface area contributed by atoms with Crippen LogP contribution in [0.5, 0.6) is 0 Å². The molecule has 2 aliphatic heterocycles. The van der Waals surface area contributed by atoms with Gasteiger partial charge in [-0.05, 0) is 156 Å². The summed E-state index contributed by atoms with van der Waals surface area (Å²) >= 11 is 0. The van der Waals surface area contributed by atoms with Gasteiger partial charge in [0.15, 0.2) is 0 Å². The van der Waals surface area contributed by atoms with Gasteiger partial charge in [0.05, 0.1) is 0 Å². The quantitative estimate of drug-likeness (QED) is 0.156. The number of furan rings is 2. The van der Waals surface area contributed by atoms with Crippen molar-refractivity contribution in [3.8, 4) is 22.3 Å². The summed E-state index contributed by atoms with van der Waals surface area (Å²) in [6, 6.07) is 80.5. The van der Waals surface area contributed by atoms with Gasteiger partial charge in [0.1, 0.15) is 38.5 Å². The second kappa shape index (κ2) is 15.0. The minimum atomic E-state index is -2.02. The number of fused-ring (bicyclic) bond motifs is 14. The van der Waals surface area contributed by atoms with Crippen molar-refractivity contribution in [1.82, 2.24) is 0 Å². The van der Waals surface area contributed by atoms with Crippen LogP contribution in [0.4, 0.5) is 34.1 Å². The molecule has 0 bridgehead atoms. The maximum absolute atomic E-state index is 6.76. The van der Waals surface area contributed by atoms with Crippen LogP contribution in [0.2, 0.25) is 26.2 Å².